The molecule has 3 heterocycles. The second-order valence-electron chi connectivity index (χ2n) is 6.68. The molecule has 1 amide bonds. The van der Waals surface area contributed by atoms with Gasteiger partial charge in [-0.2, -0.15) is 0 Å². The zero-order valence-electron chi connectivity index (χ0n) is 14.5. The van der Waals surface area contributed by atoms with E-state index in [-0.39, 0.29) is 24.1 Å². The third-order valence-electron chi connectivity index (χ3n) is 5.01. The minimum absolute atomic E-state index is 0.0768. The first kappa shape index (κ1) is 18.8. The maximum atomic E-state index is 12.5. The summed E-state index contributed by atoms with van der Waals surface area (Å²) >= 11 is 1.54. The number of nitrogens with one attached hydrogen (secondary N) is 2. The average molecular weight is 387 g/mol. The van der Waals surface area contributed by atoms with Gasteiger partial charge < -0.3 is 10.6 Å². The van der Waals surface area contributed by atoms with E-state index in [1.807, 2.05) is 6.20 Å². The van der Waals surface area contributed by atoms with Crippen LogP contribution in [0.4, 0.5) is 5.13 Å². The Morgan fingerprint density at radius 3 is 2.88 bits per heavy atom. The van der Waals surface area contributed by atoms with Crippen molar-refractivity contribution in [1.82, 2.24) is 14.6 Å². The van der Waals surface area contributed by atoms with Crippen molar-refractivity contribution in [2.24, 2.45) is 5.92 Å². The number of carbonyl (C=O) groups is 1. The normalized spacial score (nSPS) is 23.5. The number of aromatic nitrogens is 1. The summed E-state index contributed by atoms with van der Waals surface area (Å²) in [6, 6.07) is 0. The molecular formula is C16H26N4O3S2. The van der Waals surface area contributed by atoms with Gasteiger partial charge in [-0.15, -0.1) is 11.3 Å². The number of hydrogen-bond donors (Lipinski definition) is 2. The van der Waals surface area contributed by atoms with E-state index in [9.17, 15) is 13.2 Å². The Labute approximate surface area is 153 Å². The molecule has 2 aliphatic heterocycles. The lowest BCUT2D eigenvalue weighted by molar-refractivity contribution is -0.120. The lowest BCUT2D eigenvalue weighted by Crippen LogP contribution is -2.44. The van der Waals surface area contributed by atoms with Crippen molar-refractivity contribution in [2.75, 3.05) is 37.2 Å². The van der Waals surface area contributed by atoms with Gasteiger partial charge >= 0.3 is 0 Å². The molecule has 140 valence electrons. The fourth-order valence-electron chi connectivity index (χ4n) is 3.44. The molecule has 2 saturated heterocycles. The predicted molar refractivity (Wildman–Crippen MR) is 99.3 cm³/mol. The Morgan fingerprint density at radius 1 is 1.40 bits per heavy atom. The van der Waals surface area contributed by atoms with E-state index in [2.05, 4.69) is 15.6 Å². The quantitative estimate of drug-likeness (QED) is 0.802. The largest absolute Gasteiger partial charge is 0.317 e. The van der Waals surface area contributed by atoms with E-state index in [1.54, 1.807) is 6.92 Å². The SMILES string of the molecule is CCS(=O)(=O)N1CCCC(C(=O)Nc2ncc(C3CCNCC3)s2)C1. The number of sulfonamides is 1. The fourth-order valence-corrected chi connectivity index (χ4v) is 5.61. The second kappa shape index (κ2) is 8.11. The first-order valence-electron chi connectivity index (χ1n) is 8.94. The Morgan fingerprint density at radius 2 is 2.16 bits per heavy atom. The second-order valence-corrected chi connectivity index (χ2v) is 10.00. The number of amides is 1. The first-order valence-corrected chi connectivity index (χ1v) is 11.4. The molecule has 0 bridgehead atoms. The summed E-state index contributed by atoms with van der Waals surface area (Å²) in [7, 11) is -3.24. The van der Waals surface area contributed by atoms with Crippen molar-refractivity contribution in [3.63, 3.8) is 0 Å². The van der Waals surface area contributed by atoms with Gasteiger partial charge in [-0.3, -0.25) is 4.79 Å². The van der Waals surface area contributed by atoms with Crippen LogP contribution in [0.3, 0.4) is 0 Å². The van der Waals surface area contributed by atoms with Crippen molar-refractivity contribution >= 4 is 32.4 Å². The molecule has 2 fully saturated rings. The lowest BCUT2D eigenvalue weighted by Gasteiger charge is -2.30. The standard InChI is InChI=1S/C16H26N4O3S2/c1-2-25(22,23)20-9-3-4-13(11-20)15(21)19-16-18-10-14(24-16)12-5-7-17-8-6-12/h10,12-13,17H,2-9,11H2,1H3,(H,18,19,21). The molecule has 0 saturated carbocycles. The third-order valence-corrected chi connectivity index (χ3v) is 7.93. The highest BCUT2D eigenvalue weighted by molar-refractivity contribution is 7.89. The third kappa shape index (κ3) is 4.58. The average Bonchev–Trinajstić information content (AvgIpc) is 3.11. The van der Waals surface area contributed by atoms with Crippen molar-refractivity contribution in [2.45, 2.75) is 38.5 Å². The van der Waals surface area contributed by atoms with E-state index < -0.39 is 10.0 Å². The van der Waals surface area contributed by atoms with Crippen molar-refractivity contribution in [3.05, 3.63) is 11.1 Å². The summed E-state index contributed by atoms with van der Waals surface area (Å²) in [6.07, 6.45) is 5.50. The Kier molecular flexibility index (Phi) is 6.08. The predicted octanol–water partition coefficient (Wildman–Crippen LogP) is 1.61. The molecular weight excluding hydrogens is 360 g/mol. The van der Waals surface area contributed by atoms with Crippen LogP contribution in [-0.2, 0) is 14.8 Å². The molecule has 3 rings (SSSR count). The van der Waals surface area contributed by atoms with Gasteiger partial charge in [0, 0.05) is 24.2 Å². The van der Waals surface area contributed by atoms with Crippen LogP contribution in [0, 0.1) is 5.92 Å². The molecule has 2 aliphatic rings. The Balaban J connectivity index is 1.59. The molecule has 0 aliphatic carbocycles. The summed E-state index contributed by atoms with van der Waals surface area (Å²) in [4.78, 5) is 18.1. The minimum atomic E-state index is -3.24. The van der Waals surface area contributed by atoms with Crippen LogP contribution in [0.5, 0.6) is 0 Å². The van der Waals surface area contributed by atoms with Gasteiger partial charge in [0.1, 0.15) is 0 Å². The summed E-state index contributed by atoms with van der Waals surface area (Å²) < 4.78 is 25.5. The van der Waals surface area contributed by atoms with E-state index >= 15 is 0 Å². The van der Waals surface area contributed by atoms with Crippen molar-refractivity contribution < 1.29 is 13.2 Å². The zero-order chi connectivity index (χ0) is 17.9. The number of carbonyl (C=O) groups excluding carboxylic acids is 1. The smallest absolute Gasteiger partial charge is 0.230 e. The highest BCUT2D eigenvalue weighted by Gasteiger charge is 2.31. The summed E-state index contributed by atoms with van der Waals surface area (Å²) in [5.74, 6) is 0.167. The van der Waals surface area contributed by atoms with Gasteiger partial charge in [-0.05, 0) is 51.6 Å². The molecule has 7 nitrogen and oxygen atoms in total. The van der Waals surface area contributed by atoms with E-state index in [0.717, 1.165) is 32.4 Å². The number of thiazole rings is 1. The number of rotatable bonds is 5. The highest BCUT2D eigenvalue weighted by Crippen LogP contribution is 2.32. The monoisotopic (exact) mass is 386 g/mol. The topological polar surface area (TPSA) is 91.4 Å². The maximum absolute atomic E-state index is 12.5. The zero-order valence-corrected chi connectivity index (χ0v) is 16.2. The van der Waals surface area contributed by atoms with Gasteiger partial charge in [-0.1, -0.05) is 0 Å². The number of piperidine rings is 2. The Hall–Kier alpha value is -1.03. The van der Waals surface area contributed by atoms with Gasteiger partial charge in [0.2, 0.25) is 15.9 Å². The van der Waals surface area contributed by atoms with Crippen LogP contribution in [0.2, 0.25) is 0 Å². The summed E-state index contributed by atoms with van der Waals surface area (Å²) in [5, 5.41) is 6.86. The van der Waals surface area contributed by atoms with E-state index in [4.69, 9.17) is 0 Å². The van der Waals surface area contributed by atoms with Gasteiger partial charge in [-0.25, -0.2) is 17.7 Å². The fraction of sp³-hybridized carbons (Fsp3) is 0.750. The molecule has 1 unspecified atom stereocenters. The van der Waals surface area contributed by atoms with Crippen LogP contribution >= 0.6 is 11.3 Å². The number of nitrogens with zero attached hydrogens (tertiary/aromatic N) is 2. The highest BCUT2D eigenvalue weighted by atomic mass is 32.2. The number of anilines is 1. The summed E-state index contributed by atoms with van der Waals surface area (Å²) in [6.45, 7) is 4.46. The molecule has 0 radical (unpaired) electrons. The molecule has 1 atom stereocenters. The van der Waals surface area contributed by atoms with Crippen molar-refractivity contribution in [1.29, 1.82) is 0 Å². The van der Waals surface area contributed by atoms with Gasteiger partial charge in [0.15, 0.2) is 5.13 Å². The van der Waals surface area contributed by atoms with Crippen LogP contribution in [0.1, 0.15) is 43.4 Å². The molecule has 25 heavy (non-hydrogen) atoms. The van der Waals surface area contributed by atoms with Crippen LogP contribution in [0.15, 0.2) is 6.20 Å². The van der Waals surface area contributed by atoms with Gasteiger partial charge in [0.25, 0.3) is 0 Å². The minimum Gasteiger partial charge on any atom is -0.317 e. The van der Waals surface area contributed by atoms with Gasteiger partial charge in [0.05, 0.1) is 11.7 Å². The maximum Gasteiger partial charge on any atom is 0.230 e. The molecule has 1 aromatic rings. The molecule has 9 heteroatoms. The first-order chi connectivity index (χ1) is 12.0. The Bertz CT molecular complexity index is 698. The van der Waals surface area contributed by atoms with Crippen LogP contribution < -0.4 is 10.6 Å². The molecule has 2 N–H and O–H groups in total. The van der Waals surface area contributed by atoms with E-state index in [1.165, 1.54) is 20.5 Å². The van der Waals surface area contributed by atoms with Crippen molar-refractivity contribution in [3.8, 4) is 0 Å². The van der Waals surface area contributed by atoms with Crippen LogP contribution in [-0.4, -0.2) is 55.5 Å². The molecule has 0 spiro atoms. The lowest BCUT2D eigenvalue weighted by atomic mass is 9.97. The van der Waals surface area contributed by atoms with E-state index in [0.29, 0.717) is 24.0 Å². The molecule has 0 aromatic carbocycles. The summed E-state index contributed by atoms with van der Waals surface area (Å²) in [5.41, 5.74) is 0. The molecule has 1 aromatic heterocycles. The number of hydrogen-bond acceptors (Lipinski definition) is 6. The van der Waals surface area contributed by atoms with Crippen LogP contribution in [0.25, 0.3) is 0 Å².